The van der Waals surface area contributed by atoms with Crippen LogP contribution in [0.25, 0.3) is 0 Å². The highest BCUT2D eigenvalue weighted by atomic mass is 127. The van der Waals surface area contributed by atoms with Crippen molar-refractivity contribution in [3.05, 3.63) is 0 Å². The molecule has 1 saturated heterocycles. The molecule has 1 atom stereocenters. The molecule has 1 rings (SSSR count). The van der Waals surface area contributed by atoms with E-state index in [1.165, 1.54) is 44.9 Å². The fraction of sp³-hybridized carbons (Fsp3) is 0.920. The topological polar surface area (TPSA) is 49.9 Å². The Kier molecular flexibility index (Phi) is 17.7. The Morgan fingerprint density at radius 3 is 2.29 bits per heavy atom. The van der Waals surface area contributed by atoms with Crippen LogP contribution in [-0.4, -0.2) is 65.4 Å². The van der Waals surface area contributed by atoms with Crippen molar-refractivity contribution in [3.63, 3.8) is 0 Å². The minimum atomic E-state index is -0.0494. The minimum Gasteiger partial charge on any atom is -0.466 e. The average Bonchev–Trinajstić information content (AvgIpc) is 3.24. The number of esters is 1. The number of unbranched alkanes of at least 4 members (excludes halogenated alkanes) is 8. The lowest BCUT2D eigenvalue weighted by molar-refractivity contribution is -0.144. The summed E-state index contributed by atoms with van der Waals surface area (Å²) in [5, 5.41) is 0. The second kappa shape index (κ2) is 19.1. The standard InChI is InChI=1S/C25H47IN2O3/c1-3-5-7-8-9-10-11-16-27(17-13-14-25(30)31-19-12-6-4-2)21-23-15-18-28(22-23)24(29)20-26/h23H,3-22H2,1-2H3. The predicted octanol–water partition coefficient (Wildman–Crippen LogP) is 5.84. The highest BCUT2D eigenvalue weighted by molar-refractivity contribution is 14.1. The molecular formula is C25H47IN2O3. The summed E-state index contributed by atoms with van der Waals surface area (Å²) in [6.45, 7) is 9.90. The molecule has 182 valence electrons. The molecule has 0 radical (unpaired) electrons. The zero-order valence-corrected chi connectivity index (χ0v) is 22.4. The van der Waals surface area contributed by atoms with Gasteiger partial charge >= 0.3 is 5.97 Å². The third-order valence-electron chi connectivity index (χ3n) is 6.21. The van der Waals surface area contributed by atoms with E-state index >= 15 is 0 Å². The predicted molar refractivity (Wildman–Crippen MR) is 138 cm³/mol. The lowest BCUT2D eigenvalue weighted by Gasteiger charge is -2.25. The molecule has 0 saturated carbocycles. The molecule has 1 amide bonds. The summed E-state index contributed by atoms with van der Waals surface area (Å²) in [6, 6.07) is 0. The molecule has 1 aliphatic rings. The van der Waals surface area contributed by atoms with Gasteiger partial charge in [-0.05, 0) is 44.7 Å². The summed E-state index contributed by atoms with van der Waals surface area (Å²) in [6.07, 6.45) is 15.0. The van der Waals surface area contributed by atoms with Gasteiger partial charge in [-0.3, -0.25) is 9.59 Å². The number of hydrogen-bond acceptors (Lipinski definition) is 4. The molecule has 0 aromatic rings. The zero-order chi connectivity index (χ0) is 22.7. The Hall–Kier alpha value is -0.370. The molecule has 0 spiro atoms. The van der Waals surface area contributed by atoms with Crippen LogP contribution >= 0.6 is 22.6 Å². The first-order valence-electron chi connectivity index (χ1n) is 12.8. The van der Waals surface area contributed by atoms with Crippen molar-refractivity contribution >= 4 is 34.5 Å². The van der Waals surface area contributed by atoms with Gasteiger partial charge in [-0.25, -0.2) is 0 Å². The zero-order valence-electron chi connectivity index (χ0n) is 20.2. The number of ether oxygens (including phenoxy) is 1. The van der Waals surface area contributed by atoms with Crippen molar-refractivity contribution in [1.82, 2.24) is 9.80 Å². The first-order valence-corrected chi connectivity index (χ1v) is 14.3. The average molecular weight is 551 g/mol. The second-order valence-electron chi connectivity index (χ2n) is 9.08. The van der Waals surface area contributed by atoms with Crippen LogP contribution in [0.1, 0.15) is 97.3 Å². The molecule has 1 fully saturated rings. The molecule has 1 unspecified atom stereocenters. The van der Waals surface area contributed by atoms with E-state index in [1.807, 2.05) is 4.90 Å². The quantitative estimate of drug-likeness (QED) is 0.0879. The van der Waals surface area contributed by atoms with Gasteiger partial charge in [-0.2, -0.15) is 0 Å². The molecule has 0 N–H and O–H groups in total. The van der Waals surface area contributed by atoms with Crippen LogP contribution < -0.4 is 0 Å². The van der Waals surface area contributed by atoms with Gasteiger partial charge in [0.2, 0.25) is 5.91 Å². The van der Waals surface area contributed by atoms with E-state index in [9.17, 15) is 9.59 Å². The summed E-state index contributed by atoms with van der Waals surface area (Å²) in [5.74, 6) is 0.789. The van der Waals surface area contributed by atoms with E-state index in [1.54, 1.807) is 0 Å². The first kappa shape index (κ1) is 28.7. The van der Waals surface area contributed by atoms with Gasteiger partial charge in [-0.15, -0.1) is 0 Å². The molecule has 0 bridgehead atoms. The van der Waals surface area contributed by atoms with Crippen molar-refractivity contribution in [2.75, 3.05) is 43.8 Å². The fourth-order valence-electron chi connectivity index (χ4n) is 4.30. The summed E-state index contributed by atoms with van der Waals surface area (Å²) < 4.78 is 5.93. The number of halogens is 1. The molecule has 0 aliphatic carbocycles. The Labute approximate surface area is 205 Å². The van der Waals surface area contributed by atoms with E-state index in [-0.39, 0.29) is 11.9 Å². The molecular weight excluding hydrogens is 503 g/mol. The minimum absolute atomic E-state index is 0.0494. The number of rotatable bonds is 19. The number of carbonyl (C=O) groups excluding carboxylic acids is 2. The van der Waals surface area contributed by atoms with Crippen molar-refractivity contribution < 1.29 is 14.3 Å². The van der Waals surface area contributed by atoms with Crippen molar-refractivity contribution in [2.24, 2.45) is 5.92 Å². The van der Waals surface area contributed by atoms with Crippen LogP contribution in [0.2, 0.25) is 0 Å². The highest BCUT2D eigenvalue weighted by Crippen LogP contribution is 2.19. The number of carbonyl (C=O) groups is 2. The second-order valence-corrected chi connectivity index (χ2v) is 9.84. The third-order valence-corrected chi connectivity index (χ3v) is 6.87. The van der Waals surface area contributed by atoms with Gasteiger partial charge in [-0.1, -0.05) is 87.8 Å². The van der Waals surface area contributed by atoms with Gasteiger partial charge in [0.25, 0.3) is 0 Å². The highest BCUT2D eigenvalue weighted by Gasteiger charge is 2.26. The maximum Gasteiger partial charge on any atom is 0.305 e. The smallest absolute Gasteiger partial charge is 0.305 e. The van der Waals surface area contributed by atoms with Gasteiger partial charge in [0.05, 0.1) is 11.0 Å². The van der Waals surface area contributed by atoms with Gasteiger partial charge in [0.15, 0.2) is 0 Å². The van der Waals surface area contributed by atoms with E-state index in [0.717, 1.165) is 64.8 Å². The maximum atomic E-state index is 12.0. The fourth-order valence-corrected chi connectivity index (χ4v) is 4.78. The lowest BCUT2D eigenvalue weighted by Crippen LogP contribution is -2.34. The molecule has 31 heavy (non-hydrogen) atoms. The Balaban J connectivity index is 2.34. The SMILES string of the molecule is CCCCCCCCCN(CCCC(=O)OCCCCC)CC1CCN(C(=O)CI)C1. The summed E-state index contributed by atoms with van der Waals surface area (Å²) in [4.78, 5) is 28.5. The van der Waals surface area contributed by atoms with Gasteiger partial charge in [0.1, 0.15) is 0 Å². The van der Waals surface area contributed by atoms with Crippen LogP contribution in [0.3, 0.4) is 0 Å². The van der Waals surface area contributed by atoms with Gasteiger partial charge < -0.3 is 14.5 Å². The number of hydrogen-bond donors (Lipinski definition) is 0. The third kappa shape index (κ3) is 14.4. The van der Waals surface area contributed by atoms with Crippen molar-refractivity contribution in [3.8, 4) is 0 Å². The summed E-state index contributed by atoms with van der Waals surface area (Å²) >= 11 is 2.16. The van der Waals surface area contributed by atoms with Crippen LogP contribution in [0.4, 0.5) is 0 Å². The Morgan fingerprint density at radius 2 is 1.58 bits per heavy atom. The first-order chi connectivity index (χ1) is 15.1. The van der Waals surface area contributed by atoms with E-state index < -0.39 is 0 Å². The van der Waals surface area contributed by atoms with E-state index in [4.69, 9.17) is 4.74 Å². The Morgan fingerprint density at radius 1 is 0.935 bits per heavy atom. The van der Waals surface area contributed by atoms with Gasteiger partial charge in [0, 0.05) is 26.1 Å². The molecule has 6 heteroatoms. The largest absolute Gasteiger partial charge is 0.466 e. The lowest BCUT2D eigenvalue weighted by atomic mass is 10.1. The van der Waals surface area contributed by atoms with Crippen LogP contribution in [0.5, 0.6) is 0 Å². The molecule has 5 nitrogen and oxygen atoms in total. The normalized spacial score (nSPS) is 16.3. The number of amides is 1. The Bertz CT molecular complexity index is 476. The molecule has 0 aromatic carbocycles. The monoisotopic (exact) mass is 550 g/mol. The number of likely N-dealkylation sites (tertiary alicyclic amines) is 1. The number of alkyl halides is 1. The molecule has 1 heterocycles. The maximum absolute atomic E-state index is 12.0. The molecule has 1 aliphatic heterocycles. The van der Waals surface area contributed by atoms with E-state index in [0.29, 0.717) is 23.4 Å². The van der Waals surface area contributed by atoms with Crippen LogP contribution in [0, 0.1) is 5.92 Å². The van der Waals surface area contributed by atoms with Crippen LogP contribution in [0.15, 0.2) is 0 Å². The summed E-state index contributed by atoms with van der Waals surface area (Å²) in [5.41, 5.74) is 0. The van der Waals surface area contributed by atoms with Crippen LogP contribution in [-0.2, 0) is 14.3 Å². The van der Waals surface area contributed by atoms with Crippen molar-refractivity contribution in [1.29, 1.82) is 0 Å². The van der Waals surface area contributed by atoms with Crippen molar-refractivity contribution in [2.45, 2.75) is 97.3 Å². The number of nitrogens with zero attached hydrogens (tertiary/aromatic N) is 2. The molecule has 0 aromatic heterocycles. The van der Waals surface area contributed by atoms with E-state index in [2.05, 4.69) is 41.3 Å². The summed E-state index contributed by atoms with van der Waals surface area (Å²) in [7, 11) is 0.